The van der Waals surface area contributed by atoms with Gasteiger partial charge >= 0.3 is 0 Å². The van der Waals surface area contributed by atoms with Crippen molar-refractivity contribution in [2.45, 2.75) is 26.7 Å². The van der Waals surface area contributed by atoms with Gasteiger partial charge in [0.1, 0.15) is 0 Å². The summed E-state index contributed by atoms with van der Waals surface area (Å²) in [7, 11) is 0. The van der Waals surface area contributed by atoms with Gasteiger partial charge in [-0.25, -0.2) is 0 Å². The predicted octanol–water partition coefficient (Wildman–Crippen LogP) is 5.34. The topological polar surface area (TPSA) is 0 Å². The monoisotopic (exact) mass is 298 g/mol. The van der Waals surface area contributed by atoms with Crippen LogP contribution in [-0.2, 0) is 0 Å². The molecule has 0 saturated heterocycles. The van der Waals surface area contributed by atoms with E-state index in [1.54, 1.807) is 5.92 Å². The first-order valence-electron chi connectivity index (χ1n) is 8.54. The molecule has 0 aromatic heterocycles. The fraction of sp³-hybridized carbons (Fsp3) is 0.217. The van der Waals surface area contributed by atoms with Crippen LogP contribution in [0.25, 0.3) is 0 Å². The molecule has 4 aliphatic rings. The van der Waals surface area contributed by atoms with Crippen LogP contribution < -0.4 is 0 Å². The van der Waals surface area contributed by atoms with Crippen molar-refractivity contribution in [1.29, 1.82) is 0 Å². The summed E-state index contributed by atoms with van der Waals surface area (Å²) in [5.74, 6) is 10.6. The minimum absolute atomic E-state index is 0.580. The Labute approximate surface area is 142 Å². The second-order valence-electron chi connectivity index (χ2n) is 6.81. The van der Waals surface area contributed by atoms with Crippen molar-refractivity contribution >= 4 is 0 Å². The lowest BCUT2D eigenvalue weighted by Gasteiger charge is -2.26. The Morgan fingerprint density at radius 3 is 1.96 bits per heavy atom. The van der Waals surface area contributed by atoms with Crippen LogP contribution in [-0.4, -0.2) is 0 Å². The van der Waals surface area contributed by atoms with Crippen LogP contribution in [0.3, 0.4) is 0 Å². The highest BCUT2D eigenvalue weighted by atomic mass is 14.5. The zero-order valence-corrected chi connectivity index (χ0v) is 13.8. The molecule has 2 fully saturated rings. The van der Waals surface area contributed by atoms with E-state index in [4.69, 9.17) is 0 Å². The average molecular weight is 298 g/mol. The highest BCUT2D eigenvalue weighted by Crippen LogP contribution is 2.55. The third-order valence-electron chi connectivity index (χ3n) is 4.91. The van der Waals surface area contributed by atoms with E-state index in [1.807, 2.05) is 0 Å². The molecule has 114 valence electrons. The maximum atomic E-state index is 2.39. The van der Waals surface area contributed by atoms with Crippen LogP contribution in [0.1, 0.15) is 26.7 Å². The van der Waals surface area contributed by atoms with Crippen LogP contribution in [0.15, 0.2) is 48.6 Å². The Morgan fingerprint density at radius 1 is 0.696 bits per heavy atom. The minimum atomic E-state index is 0.580. The van der Waals surface area contributed by atoms with Gasteiger partial charge in [0, 0.05) is 23.7 Å². The van der Waals surface area contributed by atoms with Gasteiger partial charge in [0.05, 0.1) is 0 Å². The van der Waals surface area contributed by atoms with Crippen molar-refractivity contribution in [3.8, 4) is 0 Å². The summed E-state index contributed by atoms with van der Waals surface area (Å²) in [6.45, 7) is 4.60. The molecule has 0 atom stereocenters. The molecule has 0 N–H and O–H groups in total. The van der Waals surface area contributed by atoms with Crippen molar-refractivity contribution < 1.29 is 0 Å². The van der Waals surface area contributed by atoms with Gasteiger partial charge in [0.2, 0.25) is 0 Å². The van der Waals surface area contributed by atoms with Gasteiger partial charge in [0.15, 0.2) is 0 Å². The Morgan fingerprint density at radius 2 is 1.30 bits per heavy atom. The average Bonchev–Trinajstić information content (AvgIpc) is 3.13. The lowest BCUT2D eigenvalue weighted by atomic mass is 9.77. The van der Waals surface area contributed by atoms with E-state index in [0.29, 0.717) is 5.92 Å². The number of fused-ring (bicyclic) bond motifs is 2. The third kappa shape index (κ3) is 3.02. The van der Waals surface area contributed by atoms with Crippen LogP contribution >= 0.6 is 0 Å². The van der Waals surface area contributed by atoms with Gasteiger partial charge in [-0.05, 0) is 55.8 Å². The summed E-state index contributed by atoms with van der Waals surface area (Å²) in [6, 6.07) is 0. The number of rotatable bonds is 4. The third-order valence-corrected chi connectivity index (χ3v) is 4.91. The lowest BCUT2D eigenvalue weighted by Crippen LogP contribution is -2.15. The first-order valence-corrected chi connectivity index (χ1v) is 8.54. The van der Waals surface area contributed by atoms with Crippen LogP contribution in [0.4, 0.5) is 0 Å². The van der Waals surface area contributed by atoms with Crippen molar-refractivity contribution in [2.24, 2.45) is 5.92 Å². The summed E-state index contributed by atoms with van der Waals surface area (Å²) >= 11 is 0. The second kappa shape index (κ2) is 6.46. The molecule has 0 aromatic rings. The van der Waals surface area contributed by atoms with E-state index in [0.717, 1.165) is 12.8 Å². The molecule has 4 aliphatic carbocycles. The Hall–Kier alpha value is -1.04. The molecule has 0 heterocycles. The zero-order chi connectivity index (χ0) is 15.8. The standard InChI is InChI=1S/C23H22/c1-16(2)23-15-20-9-5-6-10-21(20)22(23)12-11-17-13-18-7-3-4-8-19(18)14-17/h3-10,13-16H,11-12H2,1-2H3. The van der Waals surface area contributed by atoms with Gasteiger partial charge in [-0.1, -0.05) is 62.5 Å². The van der Waals surface area contributed by atoms with E-state index in [2.05, 4.69) is 81.7 Å². The summed E-state index contributed by atoms with van der Waals surface area (Å²) in [5, 5.41) is 0. The van der Waals surface area contributed by atoms with Gasteiger partial charge in [0.25, 0.3) is 0 Å². The smallest absolute Gasteiger partial charge is 0.0161 e. The first-order chi connectivity index (χ1) is 11.2. The largest absolute Gasteiger partial charge is 0.0762 e. The Balaban J connectivity index is 1.39. The van der Waals surface area contributed by atoms with Crippen molar-refractivity contribution in [1.82, 2.24) is 0 Å². The molecule has 0 nitrogen and oxygen atoms in total. The molecule has 0 amide bonds. The summed E-state index contributed by atoms with van der Waals surface area (Å²) < 4.78 is 0. The second-order valence-corrected chi connectivity index (χ2v) is 6.81. The molecule has 0 bridgehead atoms. The molecule has 0 unspecified atom stereocenters. The molecule has 0 heteroatoms. The lowest BCUT2D eigenvalue weighted by molar-refractivity contribution is 0.644. The molecule has 23 heavy (non-hydrogen) atoms. The predicted molar refractivity (Wildman–Crippen MR) is 96.2 cm³/mol. The number of hydrogen-bond acceptors (Lipinski definition) is 0. The first kappa shape index (κ1) is 15.5. The minimum Gasteiger partial charge on any atom is -0.0762 e. The SMILES string of the molecule is CC(C)[C]1[CH][C]2C=CC=C[C]2[C]1CC[C]1[CH][C]2C=CC=C[C]2[CH]1. The molecule has 4 rings (SSSR count). The summed E-state index contributed by atoms with van der Waals surface area (Å²) in [6.07, 6.45) is 26.8. The maximum absolute atomic E-state index is 2.39. The quantitative estimate of drug-likeness (QED) is 0.657. The van der Waals surface area contributed by atoms with Crippen molar-refractivity contribution in [2.75, 3.05) is 0 Å². The molecular formula is C23H22. The van der Waals surface area contributed by atoms with Gasteiger partial charge < -0.3 is 0 Å². The van der Waals surface area contributed by atoms with Crippen molar-refractivity contribution in [3.05, 3.63) is 109 Å². The van der Waals surface area contributed by atoms with Crippen molar-refractivity contribution in [3.63, 3.8) is 0 Å². The van der Waals surface area contributed by atoms with Gasteiger partial charge in [-0.2, -0.15) is 0 Å². The van der Waals surface area contributed by atoms with E-state index in [9.17, 15) is 0 Å². The molecule has 0 aromatic carbocycles. The highest BCUT2D eigenvalue weighted by Gasteiger charge is 2.45. The van der Waals surface area contributed by atoms with E-state index in [-0.39, 0.29) is 0 Å². The number of hydrogen-bond donors (Lipinski definition) is 0. The summed E-state index contributed by atoms with van der Waals surface area (Å²) in [4.78, 5) is 0. The zero-order valence-electron chi connectivity index (χ0n) is 13.8. The molecule has 2 saturated carbocycles. The molecular weight excluding hydrogens is 276 g/mol. The van der Waals surface area contributed by atoms with Crippen LogP contribution in [0.2, 0.25) is 0 Å². The molecule has 0 spiro atoms. The van der Waals surface area contributed by atoms with E-state index < -0.39 is 0 Å². The molecule has 0 aliphatic heterocycles. The van der Waals surface area contributed by atoms with Crippen LogP contribution in [0, 0.1) is 66.6 Å². The van der Waals surface area contributed by atoms with Crippen LogP contribution in [0.5, 0.6) is 0 Å². The Bertz CT molecular complexity index is 512. The maximum Gasteiger partial charge on any atom is 0.0161 e. The highest BCUT2D eigenvalue weighted by molar-refractivity contribution is 5.67. The number of allylic oxidation sites excluding steroid dienone is 8. The Kier molecular flexibility index (Phi) is 4.35. The fourth-order valence-corrected chi connectivity index (χ4v) is 3.73. The van der Waals surface area contributed by atoms with E-state index in [1.165, 1.54) is 35.5 Å². The van der Waals surface area contributed by atoms with Gasteiger partial charge in [-0.15, -0.1) is 0 Å². The fourth-order valence-electron chi connectivity index (χ4n) is 3.73. The molecule has 10 radical (unpaired) electrons. The van der Waals surface area contributed by atoms with Gasteiger partial charge in [-0.3, -0.25) is 0 Å². The normalized spacial score (nSPS) is 27.6. The van der Waals surface area contributed by atoms with E-state index >= 15 is 0 Å². The summed E-state index contributed by atoms with van der Waals surface area (Å²) in [5.41, 5.74) is 0.